The maximum Gasteiger partial charge on any atom is 0.271 e. The summed E-state index contributed by atoms with van der Waals surface area (Å²) in [5, 5.41) is 7.95. The third kappa shape index (κ3) is 6.21. The summed E-state index contributed by atoms with van der Waals surface area (Å²) in [5.41, 5.74) is 2.52. The molecular formula is C30H38ClN5O3. The Morgan fingerprint density at radius 1 is 1.08 bits per heavy atom. The first-order valence-electron chi connectivity index (χ1n) is 13.9. The minimum Gasteiger partial charge on any atom is -0.388 e. The molecule has 1 aromatic carbocycles. The number of pyridine rings is 1. The number of carbonyl (C=O) groups excluding carboxylic acids is 2. The molecule has 0 radical (unpaired) electrons. The van der Waals surface area contributed by atoms with Crippen LogP contribution in [0.3, 0.4) is 0 Å². The largest absolute Gasteiger partial charge is 0.388 e. The standard InChI is InChI=1S/C30H38ClN5O3/c1-29(2,3)23-8-6-21(7-9-23)20-33-27(37)22-10-12-30(13-11-22)19-25(34-39-30)28(38)36-17-15-35(16-18-36)26-24(31)5-4-14-32-26/h4-9,14,22H,10-13,15-20H2,1-3H3,(H,33,37). The van der Waals surface area contributed by atoms with Crippen molar-refractivity contribution in [1.82, 2.24) is 15.2 Å². The molecule has 3 aliphatic rings. The van der Waals surface area contributed by atoms with Crippen molar-refractivity contribution in [3.8, 4) is 0 Å². The van der Waals surface area contributed by atoms with Crippen LogP contribution in [0.25, 0.3) is 0 Å². The molecule has 2 aromatic rings. The number of anilines is 1. The minimum absolute atomic E-state index is 0.0423. The van der Waals surface area contributed by atoms with Crippen molar-refractivity contribution >= 4 is 34.9 Å². The van der Waals surface area contributed by atoms with Gasteiger partial charge in [0.2, 0.25) is 5.91 Å². The number of carbonyl (C=O) groups is 2. The number of hydrogen-bond acceptors (Lipinski definition) is 6. The Morgan fingerprint density at radius 2 is 1.77 bits per heavy atom. The topological polar surface area (TPSA) is 87.1 Å². The lowest BCUT2D eigenvalue weighted by molar-refractivity contribution is -0.129. The second-order valence-corrected chi connectivity index (χ2v) is 12.4. The maximum atomic E-state index is 13.2. The van der Waals surface area contributed by atoms with E-state index in [0.717, 1.165) is 37.1 Å². The van der Waals surface area contributed by atoms with Crippen molar-refractivity contribution in [2.75, 3.05) is 31.1 Å². The van der Waals surface area contributed by atoms with Crippen molar-refractivity contribution in [3.63, 3.8) is 0 Å². The van der Waals surface area contributed by atoms with Crippen LogP contribution in [0.2, 0.25) is 5.02 Å². The van der Waals surface area contributed by atoms with Crippen LogP contribution in [0, 0.1) is 5.92 Å². The number of piperazine rings is 1. The van der Waals surface area contributed by atoms with Gasteiger partial charge in [-0.15, -0.1) is 0 Å². The van der Waals surface area contributed by atoms with Crippen LogP contribution >= 0.6 is 11.6 Å². The third-order valence-electron chi connectivity index (χ3n) is 8.25. The SMILES string of the molecule is CC(C)(C)c1ccc(CNC(=O)C2CCC3(CC2)CC(C(=O)N2CCN(c4ncccc4Cl)CC2)=NO3)cc1. The Kier molecular flexibility index (Phi) is 7.85. The van der Waals surface area contributed by atoms with Crippen LogP contribution in [0.1, 0.15) is 64.0 Å². The summed E-state index contributed by atoms with van der Waals surface area (Å²) in [5.74, 6) is 0.743. The van der Waals surface area contributed by atoms with E-state index in [0.29, 0.717) is 49.9 Å². The lowest BCUT2D eigenvalue weighted by atomic mass is 9.76. The molecule has 1 saturated heterocycles. The van der Waals surface area contributed by atoms with E-state index in [4.69, 9.17) is 16.4 Å². The molecule has 5 rings (SSSR count). The van der Waals surface area contributed by atoms with Gasteiger partial charge in [-0.3, -0.25) is 9.59 Å². The number of benzene rings is 1. The highest BCUT2D eigenvalue weighted by atomic mass is 35.5. The average molecular weight is 552 g/mol. The molecule has 2 aliphatic heterocycles. The van der Waals surface area contributed by atoms with Gasteiger partial charge < -0.3 is 20.0 Å². The predicted molar refractivity (Wildman–Crippen MR) is 153 cm³/mol. The Bertz CT molecular complexity index is 1220. The summed E-state index contributed by atoms with van der Waals surface area (Å²) < 4.78 is 0. The van der Waals surface area contributed by atoms with E-state index in [2.05, 4.69) is 65.4 Å². The van der Waals surface area contributed by atoms with Gasteiger partial charge >= 0.3 is 0 Å². The van der Waals surface area contributed by atoms with Crippen LogP contribution < -0.4 is 10.2 Å². The van der Waals surface area contributed by atoms with Crippen LogP contribution in [-0.4, -0.2) is 59.2 Å². The minimum atomic E-state index is -0.464. The normalized spacial score (nSPS) is 23.4. The first-order valence-corrected chi connectivity index (χ1v) is 14.3. The Labute approximate surface area is 235 Å². The van der Waals surface area contributed by atoms with E-state index >= 15 is 0 Å². The summed E-state index contributed by atoms with van der Waals surface area (Å²) in [4.78, 5) is 40.3. The number of amides is 2. The zero-order valence-corrected chi connectivity index (χ0v) is 23.8. The van der Waals surface area contributed by atoms with Crippen molar-refractivity contribution in [1.29, 1.82) is 0 Å². The molecule has 3 heterocycles. The van der Waals surface area contributed by atoms with Gasteiger partial charge in [-0.1, -0.05) is 61.8 Å². The van der Waals surface area contributed by atoms with Crippen LogP contribution in [-0.2, 0) is 26.4 Å². The van der Waals surface area contributed by atoms with E-state index in [-0.39, 0.29) is 23.1 Å². The van der Waals surface area contributed by atoms with Gasteiger partial charge in [0.25, 0.3) is 5.91 Å². The van der Waals surface area contributed by atoms with Crippen LogP contribution in [0.4, 0.5) is 5.82 Å². The molecule has 39 heavy (non-hydrogen) atoms. The number of oxime groups is 1. The lowest BCUT2D eigenvalue weighted by Gasteiger charge is -2.36. The van der Waals surface area contributed by atoms with Gasteiger partial charge in [-0.25, -0.2) is 4.98 Å². The van der Waals surface area contributed by atoms with Crippen LogP contribution in [0.5, 0.6) is 0 Å². The Morgan fingerprint density at radius 3 is 2.41 bits per heavy atom. The fourth-order valence-electron chi connectivity index (χ4n) is 5.68. The predicted octanol–water partition coefficient (Wildman–Crippen LogP) is 4.70. The van der Waals surface area contributed by atoms with Crippen molar-refractivity contribution < 1.29 is 14.4 Å². The molecule has 0 bridgehead atoms. The number of nitrogens with zero attached hydrogens (tertiary/aromatic N) is 4. The summed E-state index contributed by atoms with van der Waals surface area (Å²) >= 11 is 6.29. The highest BCUT2D eigenvalue weighted by molar-refractivity contribution is 6.39. The zero-order valence-electron chi connectivity index (χ0n) is 23.1. The maximum absolute atomic E-state index is 13.2. The summed E-state index contributed by atoms with van der Waals surface area (Å²) in [6.07, 6.45) is 5.14. The molecule has 1 saturated carbocycles. The molecule has 0 atom stereocenters. The highest BCUT2D eigenvalue weighted by Gasteiger charge is 2.46. The van der Waals surface area contributed by atoms with E-state index in [1.165, 1.54) is 5.56 Å². The molecule has 1 spiro atoms. The zero-order chi connectivity index (χ0) is 27.6. The molecule has 2 fully saturated rings. The number of nitrogens with one attached hydrogen (secondary N) is 1. The Balaban J connectivity index is 1.06. The van der Waals surface area contributed by atoms with Gasteiger partial charge in [0.15, 0.2) is 0 Å². The smallest absolute Gasteiger partial charge is 0.271 e. The first-order chi connectivity index (χ1) is 18.6. The second kappa shape index (κ2) is 11.2. The molecule has 208 valence electrons. The molecule has 0 unspecified atom stereocenters. The monoisotopic (exact) mass is 551 g/mol. The fraction of sp³-hybridized carbons (Fsp3) is 0.533. The molecule has 8 nitrogen and oxygen atoms in total. The van der Waals surface area contributed by atoms with Crippen LogP contribution in [0.15, 0.2) is 47.8 Å². The lowest BCUT2D eigenvalue weighted by Crippen LogP contribution is -2.51. The van der Waals surface area contributed by atoms with Crippen molar-refractivity contribution in [3.05, 3.63) is 58.7 Å². The number of halogens is 1. The van der Waals surface area contributed by atoms with Gasteiger partial charge in [0.05, 0.1) is 5.02 Å². The Hall–Kier alpha value is -3.13. The quantitative estimate of drug-likeness (QED) is 0.582. The van der Waals surface area contributed by atoms with E-state index < -0.39 is 5.60 Å². The third-order valence-corrected chi connectivity index (χ3v) is 8.54. The number of hydrogen-bond donors (Lipinski definition) is 1. The summed E-state index contributed by atoms with van der Waals surface area (Å²) in [6.45, 7) is 9.61. The van der Waals surface area contributed by atoms with Gasteiger partial charge in [0, 0.05) is 51.3 Å². The molecule has 1 aliphatic carbocycles. The highest BCUT2D eigenvalue weighted by Crippen LogP contribution is 2.41. The van der Waals surface area contributed by atoms with Gasteiger partial charge in [-0.05, 0) is 54.4 Å². The summed E-state index contributed by atoms with van der Waals surface area (Å²) in [7, 11) is 0. The molecule has 2 amide bonds. The van der Waals surface area contributed by atoms with E-state index in [9.17, 15) is 9.59 Å². The first kappa shape index (κ1) is 27.4. The average Bonchev–Trinajstić information content (AvgIpc) is 3.35. The number of rotatable bonds is 5. The molecule has 1 aromatic heterocycles. The fourth-order valence-corrected chi connectivity index (χ4v) is 5.92. The summed E-state index contributed by atoms with van der Waals surface area (Å²) in [6, 6.07) is 12.1. The van der Waals surface area contributed by atoms with E-state index in [1.54, 1.807) is 6.20 Å². The van der Waals surface area contributed by atoms with Crippen molar-refractivity contribution in [2.24, 2.45) is 11.1 Å². The number of aromatic nitrogens is 1. The molecular weight excluding hydrogens is 514 g/mol. The van der Waals surface area contributed by atoms with Crippen molar-refractivity contribution in [2.45, 2.75) is 70.4 Å². The van der Waals surface area contributed by atoms with Gasteiger partial charge in [0.1, 0.15) is 17.1 Å². The molecule has 1 N–H and O–H groups in total. The second-order valence-electron chi connectivity index (χ2n) is 12.0. The van der Waals surface area contributed by atoms with E-state index in [1.807, 2.05) is 17.0 Å². The van der Waals surface area contributed by atoms with Gasteiger partial charge in [-0.2, -0.15) is 0 Å². The molecule has 9 heteroatoms.